The van der Waals surface area contributed by atoms with Crippen LogP contribution in [-0.4, -0.2) is 152 Å². The van der Waals surface area contributed by atoms with Crippen molar-refractivity contribution >= 4 is 69.8 Å². The summed E-state index contributed by atoms with van der Waals surface area (Å²) >= 11 is 0. The molecule has 4 saturated heterocycles. The normalized spacial score (nSPS) is 24.1. The number of piperazine rings is 1. The lowest BCUT2D eigenvalue weighted by molar-refractivity contribution is -0.136. The van der Waals surface area contributed by atoms with Crippen molar-refractivity contribution in [1.29, 1.82) is 0 Å². The molecule has 6 aliphatic heterocycles. The molecule has 20 nitrogen and oxygen atoms in total. The van der Waals surface area contributed by atoms with E-state index >= 15 is 0 Å². The minimum atomic E-state index is -1.01. The number of aryl methyl sites for hydroxylation is 1. The maximum absolute atomic E-state index is 14.2. The number of carbonyl (C=O) groups excluding carboxylic acids is 6. The number of fused-ring (bicyclic) bond motifs is 4. The van der Waals surface area contributed by atoms with Crippen LogP contribution in [0.2, 0.25) is 0 Å². The van der Waals surface area contributed by atoms with Crippen LogP contribution in [0, 0.1) is 5.41 Å². The Balaban J connectivity index is 0.748. The van der Waals surface area contributed by atoms with E-state index in [2.05, 4.69) is 68.6 Å². The molecule has 8 heterocycles. The van der Waals surface area contributed by atoms with Crippen LogP contribution >= 0.6 is 0 Å². The summed E-state index contributed by atoms with van der Waals surface area (Å²) in [6, 6.07) is 11.6. The van der Waals surface area contributed by atoms with Gasteiger partial charge >= 0.3 is 0 Å². The number of aliphatic hydroxyl groups is 1. The minimum absolute atomic E-state index is 0.00955. The number of rotatable bonds is 11. The highest BCUT2D eigenvalue weighted by Gasteiger charge is 2.46. The summed E-state index contributed by atoms with van der Waals surface area (Å²) in [5.41, 5.74) is 6.36. The van der Waals surface area contributed by atoms with E-state index in [0.29, 0.717) is 49.4 Å². The third kappa shape index (κ3) is 9.04. The predicted octanol–water partition coefficient (Wildman–Crippen LogP) is 3.64. The molecular weight excluding hydrogens is 957 g/mol. The number of amides is 6. The van der Waals surface area contributed by atoms with Gasteiger partial charge in [-0.1, -0.05) is 20.4 Å². The standard InChI is InChI=1S/C55H66N12O8/c1-6-47(69)57-39-25-34(56-49-54(75)60(5)30-46(58-49)65-17-7-8-41(45(65)31-68)66-23-22-64-43(53(66)74)24-33-27-55(3,4)28-44(33)64)9-12-40(39)63-21-20-62(29-32(63)2)35-15-18-61(19-16-35)36-10-11-37-38(26-36)52(73)67(51(37)72)42-13-14-48(70)59-50(42)71/h6,9-12,24-26,30,32,35,41-42,45,68H,1,7-8,13-23,27-29,31H2,2-5H3,(H,56,58)(H,57,69)(H,59,70,71)/t32-,41?,42?,45?/m0/s1. The molecule has 7 aliphatic rings. The second kappa shape index (κ2) is 19.4. The zero-order valence-electron chi connectivity index (χ0n) is 43.1. The molecule has 1 aliphatic carbocycles. The summed E-state index contributed by atoms with van der Waals surface area (Å²) in [4.78, 5) is 109. The highest BCUT2D eigenvalue weighted by Crippen LogP contribution is 2.41. The largest absolute Gasteiger partial charge is 0.394 e. The van der Waals surface area contributed by atoms with Gasteiger partial charge < -0.3 is 44.5 Å². The van der Waals surface area contributed by atoms with Crippen LogP contribution in [0.3, 0.4) is 0 Å². The lowest BCUT2D eigenvalue weighted by Gasteiger charge is -2.47. The van der Waals surface area contributed by atoms with Crippen LogP contribution in [0.25, 0.3) is 0 Å². The van der Waals surface area contributed by atoms with Crippen molar-refractivity contribution in [2.75, 3.05) is 77.8 Å². The van der Waals surface area contributed by atoms with E-state index in [4.69, 9.17) is 4.98 Å². The average molecular weight is 1020 g/mol. The van der Waals surface area contributed by atoms with Gasteiger partial charge in [0.05, 0.1) is 41.2 Å². The number of piperidine rings is 3. The summed E-state index contributed by atoms with van der Waals surface area (Å²) in [5.74, 6) is -1.89. The van der Waals surface area contributed by atoms with Gasteiger partial charge in [-0.3, -0.25) is 48.7 Å². The summed E-state index contributed by atoms with van der Waals surface area (Å²) < 4.78 is 3.68. The monoisotopic (exact) mass is 1020 g/mol. The second-order valence-electron chi connectivity index (χ2n) is 22.2. The lowest BCUT2D eigenvalue weighted by Crippen LogP contribution is -2.60. The number of nitrogens with one attached hydrogen (secondary N) is 3. The molecule has 4 fully saturated rings. The van der Waals surface area contributed by atoms with Gasteiger partial charge in [0.15, 0.2) is 5.82 Å². The minimum Gasteiger partial charge on any atom is -0.394 e. The Morgan fingerprint density at radius 3 is 2.39 bits per heavy atom. The predicted molar refractivity (Wildman–Crippen MR) is 283 cm³/mol. The first kappa shape index (κ1) is 49.9. The molecule has 4 N–H and O–H groups in total. The molecule has 2 aromatic carbocycles. The Bertz CT molecular complexity index is 3100. The van der Waals surface area contributed by atoms with Gasteiger partial charge in [0.2, 0.25) is 17.7 Å². The molecule has 0 bridgehead atoms. The second-order valence-corrected chi connectivity index (χ2v) is 22.2. The Kier molecular flexibility index (Phi) is 12.9. The highest BCUT2D eigenvalue weighted by molar-refractivity contribution is 6.23. The van der Waals surface area contributed by atoms with Gasteiger partial charge in [0.25, 0.3) is 23.3 Å². The molecule has 4 atom stereocenters. The highest BCUT2D eigenvalue weighted by atomic mass is 16.3. The molecule has 6 amide bonds. The van der Waals surface area contributed by atoms with Crippen molar-refractivity contribution in [2.45, 2.75) is 109 Å². The lowest BCUT2D eigenvalue weighted by atomic mass is 9.90. The first-order valence-electron chi connectivity index (χ1n) is 26.4. The zero-order chi connectivity index (χ0) is 52.6. The maximum Gasteiger partial charge on any atom is 0.293 e. The molecule has 20 heteroatoms. The smallest absolute Gasteiger partial charge is 0.293 e. The molecule has 0 saturated carbocycles. The molecule has 4 aromatic rings. The molecular formula is C55H66N12O8. The molecule has 75 heavy (non-hydrogen) atoms. The number of hydrogen-bond donors (Lipinski definition) is 4. The fourth-order valence-corrected chi connectivity index (χ4v) is 13.1. The van der Waals surface area contributed by atoms with Crippen LogP contribution in [-0.2, 0) is 40.8 Å². The van der Waals surface area contributed by atoms with E-state index in [1.807, 2.05) is 28.0 Å². The number of aromatic nitrogens is 3. The van der Waals surface area contributed by atoms with Gasteiger partial charge in [-0.05, 0) is 111 Å². The van der Waals surface area contributed by atoms with E-state index in [1.54, 1.807) is 31.4 Å². The number of hydrogen-bond acceptors (Lipinski definition) is 14. The maximum atomic E-state index is 14.2. The van der Waals surface area contributed by atoms with Crippen LogP contribution in [0.5, 0.6) is 0 Å². The van der Waals surface area contributed by atoms with Crippen LogP contribution in [0.1, 0.15) is 102 Å². The Labute approximate surface area is 435 Å². The molecule has 0 radical (unpaired) electrons. The molecule has 0 spiro atoms. The van der Waals surface area contributed by atoms with Gasteiger partial charge in [0, 0.05) is 101 Å². The third-order valence-corrected chi connectivity index (χ3v) is 16.8. The Morgan fingerprint density at radius 2 is 1.64 bits per heavy atom. The van der Waals surface area contributed by atoms with Crippen molar-refractivity contribution < 1.29 is 33.9 Å². The van der Waals surface area contributed by atoms with Gasteiger partial charge in [0.1, 0.15) is 17.6 Å². The van der Waals surface area contributed by atoms with Gasteiger partial charge in [-0.2, -0.15) is 0 Å². The van der Waals surface area contributed by atoms with E-state index in [0.717, 1.165) is 86.7 Å². The Morgan fingerprint density at radius 1 is 0.867 bits per heavy atom. The van der Waals surface area contributed by atoms with E-state index in [-0.39, 0.29) is 71.3 Å². The number of anilines is 6. The Hall–Kier alpha value is -7.32. The summed E-state index contributed by atoms with van der Waals surface area (Å²) in [6.45, 7) is 15.8. The molecule has 11 rings (SSSR count). The summed E-state index contributed by atoms with van der Waals surface area (Å²) in [6.07, 6.45) is 8.26. The van der Waals surface area contributed by atoms with E-state index in [1.165, 1.54) is 21.9 Å². The molecule has 3 unspecified atom stereocenters. The van der Waals surface area contributed by atoms with Crippen molar-refractivity contribution in [3.8, 4) is 0 Å². The summed E-state index contributed by atoms with van der Waals surface area (Å²) in [7, 11) is 1.67. The first-order chi connectivity index (χ1) is 36.0. The molecule has 2 aromatic heterocycles. The van der Waals surface area contributed by atoms with Crippen molar-refractivity contribution in [1.82, 2.24) is 34.1 Å². The number of carbonyl (C=O) groups is 6. The van der Waals surface area contributed by atoms with Gasteiger partial charge in [-0.15, -0.1) is 0 Å². The topological polar surface area (TPSA) is 218 Å². The fraction of sp³-hybridized carbons (Fsp3) is 0.491. The number of imide groups is 2. The zero-order valence-corrected chi connectivity index (χ0v) is 43.1. The quantitative estimate of drug-likeness (QED) is 0.125. The first-order valence-corrected chi connectivity index (χ1v) is 26.4. The van der Waals surface area contributed by atoms with Crippen molar-refractivity contribution in [2.24, 2.45) is 12.5 Å². The van der Waals surface area contributed by atoms with Crippen molar-refractivity contribution in [3.05, 3.63) is 99.7 Å². The van der Waals surface area contributed by atoms with Crippen LogP contribution < -0.4 is 36.2 Å². The number of aliphatic hydroxyl groups excluding tert-OH is 1. The van der Waals surface area contributed by atoms with E-state index < -0.39 is 35.7 Å². The van der Waals surface area contributed by atoms with Crippen molar-refractivity contribution in [3.63, 3.8) is 0 Å². The molecule has 394 valence electrons. The van der Waals surface area contributed by atoms with Gasteiger partial charge in [-0.25, -0.2) is 4.98 Å². The average Bonchev–Trinajstić information content (AvgIpc) is 3.99. The van der Waals surface area contributed by atoms with Crippen LogP contribution in [0.4, 0.5) is 34.4 Å². The number of benzene rings is 2. The van der Waals surface area contributed by atoms with Crippen LogP contribution in [0.15, 0.2) is 66.1 Å². The summed E-state index contributed by atoms with van der Waals surface area (Å²) in [5, 5.41) is 19.5. The SMILES string of the molecule is C=CC(=O)Nc1cc(Nc2nc(N3CCCC(N4CCn5c(cc6c5CC(C)(C)C6)C4=O)C3CO)cn(C)c2=O)ccc1N1CCN(C2CCN(c3ccc4c(c3)C(=O)N(C3CCC(=O)NC3=O)C4=O)CC2)C[C@@H]1C. The number of nitrogens with zero attached hydrogens (tertiary/aromatic N) is 9. The third-order valence-electron chi connectivity index (χ3n) is 16.8. The fourth-order valence-electron chi connectivity index (χ4n) is 13.1. The van der Waals surface area contributed by atoms with E-state index in [9.17, 15) is 38.7 Å².